The Morgan fingerprint density at radius 2 is 1.63 bits per heavy atom. The van der Waals surface area contributed by atoms with Crippen molar-refractivity contribution in [2.75, 3.05) is 6.54 Å². The maximum absolute atomic E-state index is 14.2. The Morgan fingerprint density at radius 1 is 1.00 bits per heavy atom. The van der Waals surface area contributed by atoms with Gasteiger partial charge in [0.1, 0.15) is 17.7 Å². The van der Waals surface area contributed by atoms with E-state index in [1.54, 1.807) is 25.7 Å². The van der Waals surface area contributed by atoms with Crippen molar-refractivity contribution in [2.24, 2.45) is 5.92 Å². The second-order valence-electron chi connectivity index (χ2n) is 12.1. The third kappa shape index (κ3) is 10.3. The first-order chi connectivity index (χ1) is 17.9. The van der Waals surface area contributed by atoms with Crippen molar-refractivity contribution < 1.29 is 19.1 Å². The molecule has 0 saturated heterocycles. The molecule has 0 heterocycles. The van der Waals surface area contributed by atoms with Crippen molar-refractivity contribution in [3.8, 4) is 0 Å². The average Bonchev–Trinajstić information content (AvgIpc) is 2.84. The number of nitrogens with zero attached hydrogens (tertiary/aromatic N) is 1. The van der Waals surface area contributed by atoms with E-state index in [0.29, 0.717) is 6.54 Å². The van der Waals surface area contributed by atoms with Crippen LogP contribution in [-0.2, 0) is 14.3 Å². The largest absolute Gasteiger partial charge is 0.444 e. The van der Waals surface area contributed by atoms with Crippen molar-refractivity contribution in [2.45, 2.75) is 130 Å². The minimum atomic E-state index is -0.813. The molecule has 1 aliphatic carbocycles. The summed E-state index contributed by atoms with van der Waals surface area (Å²) in [6, 6.07) is 6.39. The van der Waals surface area contributed by atoms with Gasteiger partial charge in [-0.1, -0.05) is 89.1 Å². The molecule has 214 valence electrons. The van der Waals surface area contributed by atoms with Crippen LogP contribution < -0.4 is 10.6 Å². The molecule has 2 unspecified atom stereocenters. The van der Waals surface area contributed by atoms with Gasteiger partial charge in [0.25, 0.3) is 0 Å². The molecule has 2 atom stereocenters. The van der Waals surface area contributed by atoms with Gasteiger partial charge < -0.3 is 20.3 Å². The van der Waals surface area contributed by atoms with Gasteiger partial charge in [-0.05, 0) is 58.4 Å². The maximum atomic E-state index is 14.2. The smallest absolute Gasteiger partial charge is 0.408 e. The lowest BCUT2D eigenvalue weighted by Crippen LogP contribution is -2.55. The van der Waals surface area contributed by atoms with Gasteiger partial charge in [-0.25, -0.2) is 4.79 Å². The summed E-state index contributed by atoms with van der Waals surface area (Å²) >= 11 is 0. The Hall–Kier alpha value is -2.57. The first-order valence-electron chi connectivity index (χ1n) is 14.6. The molecule has 0 bridgehead atoms. The Kier molecular flexibility index (Phi) is 12.6. The lowest BCUT2D eigenvalue weighted by Gasteiger charge is -2.36. The molecule has 1 saturated carbocycles. The molecule has 3 amide bonds. The van der Waals surface area contributed by atoms with E-state index in [9.17, 15) is 14.4 Å². The number of ether oxygens (including phenoxy) is 1. The number of aryl methyl sites for hydroxylation is 1. The number of hydrogen-bond donors (Lipinski definition) is 2. The van der Waals surface area contributed by atoms with Crippen molar-refractivity contribution in [3.05, 3.63) is 35.4 Å². The highest BCUT2D eigenvalue weighted by Crippen LogP contribution is 2.27. The molecule has 0 aromatic heterocycles. The van der Waals surface area contributed by atoms with Gasteiger partial charge in [-0.2, -0.15) is 0 Å². The third-order valence-corrected chi connectivity index (χ3v) is 7.05. The molecule has 1 aromatic rings. The first kappa shape index (κ1) is 31.6. The van der Waals surface area contributed by atoms with E-state index < -0.39 is 23.8 Å². The number of carbonyl (C=O) groups excluding carboxylic acids is 3. The fraction of sp³-hybridized carbons (Fsp3) is 0.710. The van der Waals surface area contributed by atoms with Crippen LogP contribution in [0.3, 0.4) is 0 Å². The van der Waals surface area contributed by atoms with Crippen molar-refractivity contribution >= 4 is 17.9 Å². The van der Waals surface area contributed by atoms with Crippen LogP contribution in [0, 0.1) is 12.8 Å². The monoisotopic (exact) mass is 529 g/mol. The SMILES string of the molecule is CCCCCCN(C(=O)C(NC(=O)OC(C)(C)C)C(C)C)C(C(=O)NC1CCCCC1)c1ccc(C)cc1. The van der Waals surface area contributed by atoms with E-state index in [1.165, 1.54) is 6.42 Å². The summed E-state index contributed by atoms with van der Waals surface area (Å²) in [6.07, 6.45) is 8.60. The molecular weight excluding hydrogens is 478 g/mol. The molecule has 1 aromatic carbocycles. The van der Waals surface area contributed by atoms with Crippen LogP contribution in [0.25, 0.3) is 0 Å². The fourth-order valence-electron chi connectivity index (χ4n) is 4.95. The molecule has 38 heavy (non-hydrogen) atoms. The fourth-order valence-corrected chi connectivity index (χ4v) is 4.95. The Bertz CT molecular complexity index is 885. The number of unbranched alkanes of at least 4 members (excludes halogenated alkanes) is 3. The highest BCUT2D eigenvalue weighted by atomic mass is 16.6. The number of benzene rings is 1. The van der Waals surface area contributed by atoms with Gasteiger partial charge >= 0.3 is 6.09 Å². The predicted molar refractivity (Wildman–Crippen MR) is 153 cm³/mol. The number of nitrogens with one attached hydrogen (secondary N) is 2. The summed E-state index contributed by atoms with van der Waals surface area (Å²) < 4.78 is 5.47. The molecule has 2 N–H and O–H groups in total. The van der Waals surface area contributed by atoms with Crippen LogP contribution in [0.1, 0.15) is 116 Å². The Balaban J connectivity index is 2.43. The van der Waals surface area contributed by atoms with Crippen LogP contribution in [0.2, 0.25) is 0 Å². The minimum Gasteiger partial charge on any atom is -0.444 e. The zero-order valence-corrected chi connectivity index (χ0v) is 24.8. The van der Waals surface area contributed by atoms with E-state index in [-0.39, 0.29) is 23.8 Å². The quantitative estimate of drug-likeness (QED) is 0.305. The van der Waals surface area contributed by atoms with Gasteiger partial charge in [0.05, 0.1) is 0 Å². The van der Waals surface area contributed by atoms with E-state index in [4.69, 9.17) is 4.74 Å². The van der Waals surface area contributed by atoms with Gasteiger partial charge in [0.15, 0.2) is 0 Å². The normalized spacial score (nSPS) is 16.0. The van der Waals surface area contributed by atoms with Crippen LogP contribution in [0.15, 0.2) is 24.3 Å². The molecule has 7 heteroatoms. The van der Waals surface area contributed by atoms with Gasteiger partial charge in [0.2, 0.25) is 11.8 Å². The lowest BCUT2D eigenvalue weighted by atomic mass is 9.94. The van der Waals surface area contributed by atoms with Crippen LogP contribution in [0.5, 0.6) is 0 Å². The summed E-state index contributed by atoms with van der Waals surface area (Å²) in [7, 11) is 0. The molecular formula is C31H51N3O4. The number of alkyl carbamates (subject to hydrolysis) is 1. The van der Waals surface area contributed by atoms with Crippen molar-refractivity contribution in [1.82, 2.24) is 15.5 Å². The van der Waals surface area contributed by atoms with Crippen LogP contribution >= 0.6 is 0 Å². The summed E-state index contributed by atoms with van der Waals surface area (Å²) in [5, 5.41) is 6.07. The summed E-state index contributed by atoms with van der Waals surface area (Å²) in [5.41, 5.74) is 1.19. The summed E-state index contributed by atoms with van der Waals surface area (Å²) in [4.78, 5) is 42.5. The van der Waals surface area contributed by atoms with E-state index in [0.717, 1.165) is 62.5 Å². The summed E-state index contributed by atoms with van der Waals surface area (Å²) in [6.45, 7) is 13.8. The predicted octanol–water partition coefficient (Wildman–Crippen LogP) is 6.44. The molecule has 0 aliphatic heterocycles. The number of carbonyl (C=O) groups is 3. The van der Waals surface area contributed by atoms with E-state index >= 15 is 0 Å². The van der Waals surface area contributed by atoms with Gasteiger partial charge in [0, 0.05) is 12.6 Å². The second kappa shape index (κ2) is 15.1. The van der Waals surface area contributed by atoms with Gasteiger partial charge in [-0.3, -0.25) is 9.59 Å². The zero-order chi connectivity index (χ0) is 28.3. The topological polar surface area (TPSA) is 87.7 Å². The lowest BCUT2D eigenvalue weighted by molar-refractivity contribution is -0.143. The van der Waals surface area contributed by atoms with Gasteiger partial charge in [-0.15, -0.1) is 0 Å². The van der Waals surface area contributed by atoms with E-state index in [2.05, 4.69) is 17.6 Å². The molecule has 7 nitrogen and oxygen atoms in total. The first-order valence-corrected chi connectivity index (χ1v) is 14.6. The number of amides is 3. The Morgan fingerprint density at radius 3 is 2.18 bits per heavy atom. The second-order valence-corrected chi connectivity index (χ2v) is 12.1. The van der Waals surface area contributed by atoms with E-state index in [1.807, 2.05) is 45.0 Å². The highest BCUT2D eigenvalue weighted by molar-refractivity contribution is 5.92. The van der Waals surface area contributed by atoms with Crippen LogP contribution in [0.4, 0.5) is 4.79 Å². The van der Waals surface area contributed by atoms with Crippen molar-refractivity contribution in [3.63, 3.8) is 0 Å². The van der Waals surface area contributed by atoms with Crippen LogP contribution in [-0.4, -0.2) is 47.0 Å². The molecule has 0 radical (unpaired) electrons. The highest BCUT2D eigenvalue weighted by Gasteiger charge is 2.38. The summed E-state index contributed by atoms with van der Waals surface area (Å²) in [5.74, 6) is -0.593. The maximum Gasteiger partial charge on any atom is 0.408 e. The standard InChI is InChI=1S/C31H51N3O4/c1-8-9-10-14-21-34(29(36)26(22(2)3)33-30(37)38-31(5,6)7)27(24-19-17-23(4)18-20-24)28(35)32-25-15-12-11-13-16-25/h17-20,22,25-27H,8-16,21H2,1-7H3,(H,32,35)(H,33,37). The number of rotatable bonds is 12. The molecule has 1 fully saturated rings. The third-order valence-electron chi connectivity index (χ3n) is 7.05. The molecule has 1 aliphatic rings. The minimum absolute atomic E-state index is 0.127. The molecule has 0 spiro atoms. The van der Waals surface area contributed by atoms with Crippen molar-refractivity contribution in [1.29, 1.82) is 0 Å². The average molecular weight is 530 g/mol. The number of hydrogen-bond acceptors (Lipinski definition) is 4. The Labute approximate surface area is 230 Å². The molecule has 2 rings (SSSR count). The zero-order valence-electron chi connectivity index (χ0n) is 24.8.